The molecule has 0 atom stereocenters. The van der Waals surface area contributed by atoms with Gasteiger partial charge in [0.1, 0.15) is 6.54 Å². The fourth-order valence-corrected chi connectivity index (χ4v) is 1.27. The molecular formula is C11H15F3N4O2. The number of amides is 2. The van der Waals surface area contributed by atoms with Crippen molar-refractivity contribution in [2.45, 2.75) is 26.6 Å². The summed E-state index contributed by atoms with van der Waals surface area (Å²) in [5.41, 5.74) is 0.137. The van der Waals surface area contributed by atoms with E-state index in [0.29, 0.717) is 4.68 Å². The van der Waals surface area contributed by atoms with E-state index in [-0.39, 0.29) is 24.1 Å². The van der Waals surface area contributed by atoms with Crippen molar-refractivity contribution in [3.63, 3.8) is 0 Å². The fourth-order valence-electron chi connectivity index (χ4n) is 1.27. The molecule has 0 saturated carbocycles. The first-order chi connectivity index (χ1) is 9.17. The fraction of sp³-hybridized carbons (Fsp3) is 0.545. The van der Waals surface area contributed by atoms with E-state index in [2.05, 4.69) is 15.7 Å². The molecule has 2 N–H and O–H groups in total. The third-order valence-corrected chi connectivity index (χ3v) is 2.21. The number of hydrogen-bond donors (Lipinski definition) is 2. The first-order valence-corrected chi connectivity index (χ1v) is 5.84. The second kappa shape index (κ2) is 6.40. The molecule has 0 aliphatic carbocycles. The number of hydrogen-bond acceptors (Lipinski definition) is 3. The summed E-state index contributed by atoms with van der Waals surface area (Å²) in [6.07, 6.45) is -2.21. The third-order valence-electron chi connectivity index (χ3n) is 2.21. The zero-order valence-corrected chi connectivity index (χ0v) is 11.0. The molecule has 112 valence electrons. The molecule has 0 spiro atoms. The Balaban J connectivity index is 2.45. The van der Waals surface area contributed by atoms with E-state index in [0.717, 1.165) is 12.4 Å². The lowest BCUT2D eigenvalue weighted by Crippen LogP contribution is -2.35. The van der Waals surface area contributed by atoms with Crippen molar-refractivity contribution in [1.82, 2.24) is 15.1 Å². The van der Waals surface area contributed by atoms with Crippen molar-refractivity contribution >= 4 is 17.5 Å². The smallest absolute Gasteiger partial charge is 0.347 e. The van der Waals surface area contributed by atoms with Gasteiger partial charge in [-0.25, -0.2) is 0 Å². The topological polar surface area (TPSA) is 76.0 Å². The van der Waals surface area contributed by atoms with Gasteiger partial charge in [0, 0.05) is 12.1 Å². The van der Waals surface area contributed by atoms with Crippen molar-refractivity contribution in [3.05, 3.63) is 12.4 Å². The molecule has 0 saturated heterocycles. The van der Waals surface area contributed by atoms with Crippen molar-refractivity contribution in [1.29, 1.82) is 0 Å². The van der Waals surface area contributed by atoms with E-state index in [1.165, 1.54) is 0 Å². The van der Waals surface area contributed by atoms with E-state index in [4.69, 9.17) is 0 Å². The van der Waals surface area contributed by atoms with Gasteiger partial charge in [-0.2, -0.15) is 18.3 Å². The SMILES string of the molecule is CC(C)C(=O)NCC(=O)Nc1cnn(CC(F)(F)F)c1. The summed E-state index contributed by atoms with van der Waals surface area (Å²) in [5.74, 6) is -1.07. The lowest BCUT2D eigenvalue weighted by Gasteiger charge is -2.07. The van der Waals surface area contributed by atoms with Crippen molar-refractivity contribution in [3.8, 4) is 0 Å². The van der Waals surface area contributed by atoms with Gasteiger partial charge in [-0.05, 0) is 0 Å². The van der Waals surface area contributed by atoms with Gasteiger partial charge in [-0.1, -0.05) is 13.8 Å². The van der Waals surface area contributed by atoms with Crippen molar-refractivity contribution < 1.29 is 22.8 Å². The Hall–Kier alpha value is -2.06. The van der Waals surface area contributed by atoms with E-state index >= 15 is 0 Å². The van der Waals surface area contributed by atoms with Crippen molar-refractivity contribution in [2.24, 2.45) is 5.92 Å². The number of halogens is 3. The van der Waals surface area contributed by atoms with Gasteiger partial charge in [0.15, 0.2) is 0 Å². The Morgan fingerprint density at radius 1 is 1.40 bits per heavy atom. The lowest BCUT2D eigenvalue weighted by atomic mass is 10.2. The highest BCUT2D eigenvalue weighted by atomic mass is 19.4. The Labute approximate surface area is 113 Å². The molecule has 9 heteroatoms. The van der Waals surface area contributed by atoms with Gasteiger partial charge in [-0.3, -0.25) is 14.3 Å². The molecule has 2 amide bonds. The summed E-state index contributed by atoms with van der Waals surface area (Å²) in [6, 6.07) is 0. The molecule has 6 nitrogen and oxygen atoms in total. The van der Waals surface area contributed by atoms with E-state index < -0.39 is 18.6 Å². The van der Waals surface area contributed by atoms with Crippen LogP contribution in [-0.2, 0) is 16.1 Å². The summed E-state index contributed by atoms with van der Waals surface area (Å²) in [6.45, 7) is 1.87. The zero-order valence-electron chi connectivity index (χ0n) is 11.0. The molecule has 0 unspecified atom stereocenters. The van der Waals surface area contributed by atoms with E-state index in [9.17, 15) is 22.8 Å². The molecule has 20 heavy (non-hydrogen) atoms. The summed E-state index contributed by atoms with van der Waals surface area (Å²) in [7, 11) is 0. The number of nitrogens with zero attached hydrogens (tertiary/aromatic N) is 2. The number of alkyl halides is 3. The van der Waals surface area contributed by atoms with Gasteiger partial charge in [0.2, 0.25) is 11.8 Å². The maximum atomic E-state index is 12.1. The van der Waals surface area contributed by atoms with Crippen molar-refractivity contribution in [2.75, 3.05) is 11.9 Å². The highest BCUT2D eigenvalue weighted by Crippen LogP contribution is 2.17. The van der Waals surface area contributed by atoms with Gasteiger partial charge >= 0.3 is 6.18 Å². The van der Waals surface area contributed by atoms with Crippen LogP contribution in [0.25, 0.3) is 0 Å². The van der Waals surface area contributed by atoms with Gasteiger partial charge in [-0.15, -0.1) is 0 Å². The van der Waals surface area contributed by atoms with Gasteiger partial charge < -0.3 is 10.6 Å². The maximum Gasteiger partial charge on any atom is 0.408 e. The summed E-state index contributed by atoms with van der Waals surface area (Å²) < 4.78 is 37.0. The van der Waals surface area contributed by atoms with Crippen LogP contribution in [0.2, 0.25) is 0 Å². The average Bonchev–Trinajstić information content (AvgIpc) is 2.70. The zero-order chi connectivity index (χ0) is 15.3. The van der Waals surface area contributed by atoms with Crippen LogP contribution >= 0.6 is 0 Å². The largest absolute Gasteiger partial charge is 0.408 e. The molecule has 1 aromatic heterocycles. The second-order valence-corrected chi connectivity index (χ2v) is 4.46. The predicted molar refractivity (Wildman–Crippen MR) is 64.8 cm³/mol. The van der Waals surface area contributed by atoms with Gasteiger partial charge in [0.25, 0.3) is 0 Å². The van der Waals surface area contributed by atoms with Crippen LogP contribution in [0.4, 0.5) is 18.9 Å². The first-order valence-electron chi connectivity index (χ1n) is 5.84. The van der Waals surface area contributed by atoms with Crippen LogP contribution in [0.15, 0.2) is 12.4 Å². The standard InChI is InChI=1S/C11H15F3N4O2/c1-7(2)10(20)15-4-9(19)17-8-3-16-18(5-8)6-11(12,13)14/h3,5,7H,4,6H2,1-2H3,(H,15,20)(H,17,19). The molecule has 0 aliphatic heterocycles. The van der Waals surface area contributed by atoms with Crippen LogP contribution in [0, 0.1) is 5.92 Å². The highest BCUT2D eigenvalue weighted by Gasteiger charge is 2.28. The van der Waals surface area contributed by atoms with Crippen LogP contribution in [0.5, 0.6) is 0 Å². The lowest BCUT2D eigenvalue weighted by molar-refractivity contribution is -0.142. The number of carbonyl (C=O) groups is 2. The Bertz CT molecular complexity index is 482. The molecule has 0 fully saturated rings. The minimum atomic E-state index is -4.38. The van der Waals surface area contributed by atoms with E-state index in [1.807, 2.05) is 0 Å². The molecule has 0 aromatic carbocycles. The van der Waals surface area contributed by atoms with E-state index in [1.54, 1.807) is 13.8 Å². The molecule has 0 radical (unpaired) electrons. The molecule has 0 bridgehead atoms. The minimum Gasteiger partial charge on any atom is -0.347 e. The summed E-state index contributed by atoms with van der Waals surface area (Å²) in [4.78, 5) is 22.7. The highest BCUT2D eigenvalue weighted by molar-refractivity contribution is 5.94. The monoisotopic (exact) mass is 292 g/mol. The average molecular weight is 292 g/mol. The molecule has 1 aromatic rings. The summed E-state index contributed by atoms with van der Waals surface area (Å²) in [5, 5.41) is 8.20. The first kappa shape index (κ1) is 16.0. The quantitative estimate of drug-likeness (QED) is 0.855. The molecule has 1 rings (SSSR count). The molecule has 0 aliphatic rings. The predicted octanol–water partition coefficient (Wildman–Crippen LogP) is 1.16. The van der Waals surface area contributed by atoms with Gasteiger partial charge in [0.05, 0.1) is 18.4 Å². The second-order valence-electron chi connectivity index (χ2n) is 4.46. The van der Waals surface area contributed by atoms with Crippen LogP contribution in [-0.4, -0.2) is 34.3 Å². The Kier molecular flexibility index (Phi) is 5.12. The minimum absolute atomic E-state index is 0.137. The Morgan fingerprint density at radius 3 is 2.60 bits per heavy atom. The number of nitrogens with one attached hydrogen (secondary N) is 2. The third kappa shape index (κ3) is 5.72. The van der Waals surface area contributed by atoms with Crippen LogP contribution in [0.1, 0.15) is 13.8 Å². The Morgan fingerprint density at radius 2 is 2.05 bits per heavy atom. The molecular weight excluding hydrogens is 277 g/mol. The normalized spacial score (nSPS) is 11.5. The van der Waals surface area contributed by atoms with Crippen LogP contribution in [0.3, 0.4) is 0 Å². The number of anilines is 1. The number of rotatable bonds is 5. The summed E-state index contributed by atoms with van der Waals surface area (Å²) >= 11 is 0. The number of aromatic nitrogens is 2. The maximum absolute atomic E-state index is 12.1. The van der Waals surface area contributed by atoms with Crippen LogP contribution < -0.4 is 10.6 Å². The number of carbonyl (C=O) groups excluding carboxylic acids is 2. The molecule has 1 heterocycles.